The van der Waals surface area contributed by atoms with E-state index in [4.69, 9.17) is 5.73 Å². The Morgan fingerprint density at radius 2 is 2.09 bits per heavy atom. The van der Waals surface area contributed by atoms with E-state index in [0.717, 1.165) is 32.1 Å². The molecule has 5 heteroatoms. The summed E-state index contributed by atoms with van der Waals surface area (Å²) in [6, 6.07) is 6.29. The van der Waals surface area contributed by atoms with Gasteiger partial charge in [0.05, 0.1) is 5.54 Å². The summed E-state index contributed by atoms with van der Waals surface area (Å²) in [6.07, 6.45) is 6.61. The smallest absolute Gasteiger partial charge is 0.240 e. The van der Waals surface area contributed by atoms with Crippen LogP contribution in [0.15, 0.2) is 24.4 Å². The van der Waals surface area contributed by atoms with E-state index in [0.29, 0.717) is 6.54 Å². The highest BCUT2D eigenvalue weighted by Gasteiger charge is 2.36. The fourth-order valence-corrected chi connectivity index (χ4v) is 3.29. The second-order valence-corrected chi connectivity index (χ2v) is 6.18. The summed E-state index contributed by atoms with van der Waals surface area (Å²) >= 11 is 0. The summed E-state index contributed by atoms with van der Waals surface area (Å²) in [5.41, 5.74) is 9.20. The number of nitrogens with two attached hydrogens (primary N) is 1. The molecule has 120 valence electrons. The highest BCUT2D eigenvalue weighted by atomic mass is 35.5. The highest BCUT2D eigenvalue weighted by molar-refractivity contribution is 5.87. The molecular weight excluding hydrogens is 298 g/mol. The van der Waals surface area contributed by atoms with E-state index in [1.807, 2.05) is 6.20 Å². The van der Waals surface area contributed by atoms with Crippen LogP contribution in [0.1, 0.15) is 36.8 Å². The lowest BCUT2D eigenvalue weighted by Gasteiger charge is -2.22. The minimum Gasteiger partial charge on any atom is -0.361 e. The summed E-state index contributed by atoms with van der Waals surface area (Å²) < 4.78 is 0. The van der Waals surface area contributed by atoms with Crippen LogP contribution in [-0.4, -0.2) is 23.0 Å². The molecule has 1 aliphatic carbocycles. The first-order valence-electron chi connectivity index (χ1n) is 7.73. The summed E-state index contributed by atoms with van der Waals surface area (Å²) in [4.78, 5) is 15.5. The zero-order valence-corrected chi connectivity index (χ0v) is 13.8. The van der Waals surface area contributed by atoms with E-state index >= 15 is 0 Å². The van der Waals surface area contributed by atoms with Crippen LogP contribution >= 0.6 is 12.4 Å². The zero-order valence-electron chi connectivity index (χ0n) is 12.9. The highest BCUT2D eigenvalue weighted by Crippen LogP contribution is 2.27. The second kappa shape index (κ2) is 6.71. The molecule has 0 spiro atoms. The maximum atomic E-state index is 12.2. The molecule has 0 radical (unpaired) electrons. The number of aromatic amines is 1. The Morgan fingerprint density at radius 1 is 1.36 bits per heavy atom. The minimum absolute atomic E-state index is 0. The number of fused-ring (bicyclic) bond motifs is 1. The number of benzene rings is 1. The number of carbonyl (C=O) groups is 1. The minimum atomic E-state index is -0.628. The predicted octanol–water partition coefficient (Wildman–Crippen LogP) is 2.83. The van der Waals surface area contributed by atoms with E-state index in [1.165, 1.54) is 22.0 Å². The number of nitrogens with one attached hydrogen (secondary N) is 2. The molecule has 1 aromatic heterocycles. The molecular formula is C17H24ClN3O. The third-order valence-corrected chi connectivity index (χ3v) is 4.64. The van der Waals surface area contributed by atoms with Crippen molar-refractivity contribution in [1.82, 2.24) is 10.3 Å². The average molecular weight is 322 g/mol. The van der Waals surface area contributed by atoms with E-state index in [9.17, 15) is 4.79 Å². The van der Waals surface area contributed by atoms with Gasteiger partial charge in [0.1, 0.15) is 0 Å². The van der Waals surface area contributed by atoms with Crippen molar-refractivity contribution in [2.75, 3.05) is 6.54 Å². The fraction of sp³-hybridized carbons (Fsp3) is 0.471. The largest absolute Gasteiger partial charge is 0.361 e. The van der Waals surface area contributed by atoms with Gasteiger partial charge in [0.2, 0.25) is 5.91 Å². The van der Waals surface area contributed by atoms with Gasteiger partial charge in [0, 0.05) is 23.6 Å². The topological polar surface area (TPSA) is 70.9 Å². The van der Waals surface area contributed by atoms with Crippen molar-refractivity contribution in [3.05, 3.63) is 35.5 Å². The first kappa shape index (κ1) is 16.8. The number of H-pyrrole nitrogens is 1. The van der Waals surface area contributed by atoms with Crippen LogP contribution in [0.25, 0.3) is 10.9 Å². The Kier molecular flexibility index (Phi) is 5.14. The van der Waals surface area contributed by atoms with Gasteiger partial charge in [-0.05, 0) is 37.3 Å². The Balaban J connectivity index is 0.00000176. The lowest BCUT2D eigenvalue weighted by molar-refractivity contribution is -0.126. The number of aryl methyl sites for hydroxylation is 1. The van der Waals surface area contributed by atoms with E-state index in [1.54, 1.807) is 0 Å². The molecule has 1 saturated carbocycles. The quantitative estimate of drug-likeness (QED) is 0.810. The SMILES string of the molecule is Cc1cccc2c(CCNC(=O)C3(N)CCCC3)c[nH]c12.Cl. The Morgan fingerprint density at radius 3 is 2.82 bits per heavy atom. The molecule has 1 aliphatic rings. The molecule has 0 unspecified atom stereocenters. The van der Waals surface area contributed by atoms with E-state index in [-0.39, 0.29) is 18.3 Å². The Labute approximate surface area is 137 Å². The number of amides is 1. The van der Waals surface area contributed by atoms with Gasteiger partial charge in [-0.25, -0.2) is 0 Å². The van der Waals surface area contributed by atoms with Crippen molar-refractivity contribution < 1.29 is 4.79 Å². The van der Waals surface area contributed by atoms with Gasteiger partial charge in [-0.3, -0.25) is 4.79 Å². The number of halogens is 1. The molecule has 1 fully saturated rings. The van der Waals surface area contributed by atoms with Crippen molar-refractivity contribution in [3.8, 4) is 0 Å². The molecule has 1 amide bonds. The molecule has 0 saturated heterocycles. The van der Waals surface area contributed by atoms with Gasteiger partial charge in [-0.15, -0.1) is 12.4 Å². The molecule has 2 aromatic rings. The van der Waals surface area contributed by atoms with E-state index in [2.05, 4.69) is 35.4 Å². The monoisotopic (exact) mass is 321 g/mol. The van der Waals surface area contributed by atoms with E-state index < -0.39 is 5.54 Å². The molecule has 0 atom stereocenters. The van der Waals surface area contributed by atoms with Gasteiger partial charge < -0.3 is 16.0 Å². The van der Waals surface area contributed by atoms with Gasteiger partial charge in [0.25, 0.3) is 0 Å². The number of carbonyl (C=O) groups excluding carboxylic acids is 1. The molecule has 22 heavy (non-hydrogen) atoms. The van der Waals surface area contributed by atoms with Crippen LogP contribution in [-0.2, 0) is 11.2 Å². The maximum Gasteiger partial charge on any atom is 0.240 e. The fourth-order valence-electron chi connectivity index (χ4n) is 3.29. The number of aromatic nitrogens is 1. The normalized spacial score (nSPS) is 16.5. The van der Waals surface area contributed by atoms with Crippen LogP contribution in [0.5, 0.6) is 0 Å². The average Bonchev–Trinajstić information content (AvgIpc) is 3.08. The lowest BCUT2D eigenvalue weighted by Crippen LogP contribution is -2.52. The van der Waals surface area contributed by atoms with Crippen molar-refractivity contribution in [1.29, 1.82) is 0 Å². The van der Waals surface area contributed by atoms with Gasteiger partial charge in [-0.2, -0.15) is 0 Å². The van der Waals surface area contributed by atoms with Crippen molar-refractivity contribution >= 4 is 29.2 Å². The molecule has 4 N–H and O–H groups in total. The lowest BCUT2D eigenvalue weighted by atomic mass is 9.98. The van der Waals surface area contributed by atoms with Crippen LogP contribution in [0, 0.1) is 6.92 Å². The first-order chi connectivity index (χ1) is 10.1. The molecule has 0 bridgehead atoms. The van der Waals surface area contributed by atoms with Crippen LogP contribution in [0.4, 0.5) is 0 Å². The number of para-hydroxylation sites is 1. The predicted molar refractivity (Wildman–Crippen MR) is 92.4 cm³/mol. The molecule has 1 heterocycles. The van der Waals surface area contributed by atoms with Crippen LogP contribution in [0.2, 0.25) is 0 Å². The summed E-state index contributed by atoms with van der Waals surface area (Å²) in [6.45, 7) is 2.74. The first-order valence-corrected chi connectivity index (χ1v) is 7.73. The number of hydrogen-bond donors (Lipinski definition) is 3. The molecule has 4 nitrogen and oxygen atoms in total. The van der Waals surface area contributed by atoms with Crippen molar-refractivity contribution in [2.24, 2.45) is 5.73 Å². The van der Waals surface area contributed by atoms with Gasteiger partial charge >= 0.3 is 0 Å². The standard InChI is InChI=1S/C17H23N3O.ClH/c1-12-5-4-6-14-13(11-20-15(12)14)7-10-19-16(21)17(18)8-2-3-9-17;/h4-6,11,20H,2-3,7-10,18H2,1H3,(H,19,21);1H. The Hall–Kier alpha value is -1.52. The van der Waals surface area contributed by atoms with Crippen molar-refractivity contribution in [3.63, 3.8) is 0 Å². The second-order valence-electron chi connectivity index (χ2n) is 6.18. The van der Waals surface area contributed by atoms with Crippen LogP contribution < -0.4 is 11.1 Å². The summed E-state index contributed by atoms with van der Waals surface area (Å²) in [7, 11) is 0. The van der Waals surface area contributed by atoms with Crippen LogP contribution in [0.3, 0.4) is 0 Å². The van der Waals surface area contributed by atoms with Crippen molar-refractivity contribution in [2.45, 2.75) is 44.6 Å². The molecule has 0 aliphatic heterocycles. The molecule has 1 aromatic carbocycles. The zero-order chi connectivity index (χ0) is 14.9. The Bertz CT molecular complexity index is 659. The number of hydrogen-bond acceptors (Lipinski definition) is 2. The van der Waals surface area contributed by atoms with Gasteiger partial charge in [0.15, 0.2) is 0 Å². The third kappa shape index (κ3) is 3.13. The maximum absolute atomic E-state index is 12.2. The summed E-state index contributed by atoms with van der Waals surface area (Å²) in [5, 5.41) is 4.25. The molecule has 3 rings (SSSR count). The number of rotatable bonds is 4. The summed E-state index contributed by atoms with van der Waals surface area (Å²) in [5.74, 6) is 0.0102. The third-order valence-electron chi connectivity index (χ3n) is 4.64. The van der Waals surface area contributed by atoms with Gasteiger partial charge in [-0.1, -0.05) is 31.0 Å².